The fourth-order valence-electron chi connectivity index (χ4n) is 4.49. The van der Waals surface area contributed by atoms with E-state index < -0.39 is 0 Å². The average Bonchev–Trinajstić information content (AvgIpc) is 3.35. The van der Waals surface area contributed by atoms with Crippen molar-refractivity contribution in [3.05, 3.63) is 29.3 Å². The van der Waals surface area contributed by atoms with Crippen molar-refractivity contribution in [3.63, 3.8) is 0 Å². The Kier molecular flexibility index (Phi) is 6.60. The number of anilines is 1. The molecule has 0 amide bonds. The molecule has 1 aromatic rings. The summed E-state index contributed by atoms with van der Waals surface area (Å²) in [6.45, 7) is 8.75. The first-order valence-corrected chi connectivity index (χ1v) is 11.0. The molecule has 0 bridgehead atoms. The predicted octanol–water partition coefficient (Wildman–Crippen LogP) is 2.34. The molecule has 0 radical (unpaired) electrons. The molecule has 7 heteroatoms. The lowest BCUT2D eigenvalue weighted by molar-refractivity contribution is -0.0432. The highest BCUT2D eigenvalue weighted by atomic mass is 35.5. The Bertz CT molecular complexity index is 685. The van der Waals surface area contributed by atoms with E-state index in [9.17, 15) is 0 Å². The molecule has 3 heterocycles. The van der Waals surface area contributed by atoms with Crippen molar-refractivity contribution in [2.24, 2.45) is 4.99 Å². The van der Waals surface area contributed by atoms with E-state index in [0.717, 1.165) is 50.2 Å². The molecule has 154 valence electrons. The summed E-state index contributed by atoms with van der Waals surface area (Å²) in [5.41, 5.74) is 1.19. The average molecular weight is 406 g/mol. The van der Waals surface area contributed by atoms with E-state index in [0.29, 0.717) is 18.6 Å². The number of nitrogens with one attached hydrogen (secondary N) is 2. The summed E-state index contributed by atoms with van der Waals surface area (Å²) in [7, 11) is 0. The van der Waals surface area contributed by atoms with Crippen molar-refractivity contribution < 1.29 is 4.74 Å². The topological polar surface area (TPSA) is 52.1 Å². The molecular formula is C21H32ClN5O. The van der Waals surface area contributed by atoms with Crippen LogP contribution in [-0.2, 0) is 4.74 Å². The molecule has 0 spiro atoms. The number of rotatable bonds is 5. The van der Waals surface area contributed by atoms with Crippen LogP contribution in [0.1, 0.15) is 26.2 Å². The third kappa shape index (κ3) is 4.91. The maximum atomic E-state index is 6.15. The van der Waals surface area contributed by atoms with Crippen LogP contribution < -0.4 is 15.5 Å². The molecule has 3 fully saturated rings. The van der Waals surface area contributed by atoms with Crippen molar-refractivity contribution in [1.29, 1.82) is 0 Å². The van der Waals surface area contributed by atoms with Crippen LogP contribution in [0.25, 0.3) is 0 Å². The minimum Gasteiger partial charge on any atom is -0.373 e. The highest BCUT2D eigenvalue weighted by Crippen LogP contribution is 2.24. The molecule has 3 atom stereocenters. The Morgan fingerprint density at radius 1 is 1.29 bits per heavy atom. The molecule has 6 nitrogen and oxygen atoms in total. The lowest BCUT2D eigenvalue weighted by Crippen LogP contribution is -2.48. The minimum absolute atomic E-state index is 0.205. The van der Waals surface area contributed by atoms with E-state index >= 15 is 0 Å². The summed E-state index contributed by atoms with van der Waals surface area (Å²) in [4.78, 5) is 9.78. The fourth-order valence-corrected chi connectivity index (χ4v) is 4.67. The van der Waals surface area contributed by atoms with Gasteiger partial charge in [0, 0.05) is 49.0 Å². The highest BCUT2D eigenvalue weighted by molar-refractivity contribution is 6.30. The molecule has 2 N–H and O–H groups in total. The van der Waals surface area contributed by atoms with Gasteiger partial charge in [-0.05, 0) is 50.9 Å². The first-order valence-electron chi connectivity index (χ1n) is 10.6. The molecule has 4 rings (SSSR count). The molecule has 0 aliphatic carbocycles. The standard InChI is InChI=1S/C21H32ClN5O/c1-2-23-21(24-12-20-14-26-9-4-7-19(26)15-28-20)25-17-8-10-27(13-17)18-6-3-5-16(22)11-18/h3,5-6,11,17,19-20H,2,4,7-10,12-15H2,1H3,(H2,23,24,25). The number of aliphatic imine (C=N–C) groups is 1. The lowest BCUT2D eigenvalue weighted by atomic mass is 10.2. The number of hydrogen-bond acceptors (Lipinski definition) is 4. The van der Waals surface area contributed by atoms with Crippen LogP contribution >= 0.6 is 11.6 Å². The summed E-state index contributed by atoms with van der Waals surface area (Å²) in [6.07, 6.45) is 3.88. The van der Waals surface area contributed by atoms with E-state index in [4.69, 9.17) is 21.3 Å². The Balaban J connectivity index is 1.30. The fraction of sp³-hybridized carbons (Fsp3) is 0.667. The Morgan fingerprint density at radius 2 is 2.21 bits per heavy atom. The normalized spacial score (nSPS) is 28.4. The van der Waals surface area contributed by atoms with Gasteiger partial charge in [-0.2, -0.15) is 0 Å². The van der Waals surface area contributed by atoms with Gasteiger partial charge in [-0.15, -0.1) is 0 Å². The summed E-state index contributed by atoms with van der Waals surface area (Å²) >= 11 is 6.15. The molecule has 28 heavy (non-hydrogen) atoms. The molecular weight excluding hydrogens is 374 g/mol. The van der Waals surface area contributed by atoms with E-state index in [1.165, 1.54) is 25.1 Å². The Labute approximate surface area is 173 Å². The molecule has 3 unspecified atom stereocenters. The molecule has 3 saturated heterocycles. The molecule has 0 aromatic heterocycles. The molecule has 3 aliphatic rings. The monoisotopic (exact) mass is 405 g/mol. The van der Waals surface area contributed by atoms with Crippen molar-refractivity contribution in [2.75, 3.05) is 50.8 Å². The van der Waals surface area contributed by atoms with Crippen molar-refractivity contribution in [1.82, 2.24) is 15.5 Å². The first kappa shape index (κ1) is 19.8. The SMILES string of the molecule is CCNC(=NCC1CN2CCCC2CO1)NC1CCN(c2cccc(Cl)c2)C1. The maximum Gasteiger partial charge on any atom is 0.191 e. The predicted molar refractivity (Wildman–Crippen MR) is 116 cm³/mol. The zero-order valence-corrected chi connectivity index (χ0v) is 17.5. The number of halogens is 1. The lowest BCUT2D eigenvalue weighted by Gasteiger charge is -2.34. The van der Waals surface area contributed by atoms with Crippen LogP contribution in [0.5, 0.6) is 0 Å². The third-order valence-electron chi connectivity index (χ3n) is 5.96. The van der Waals surface area contributed by atoms with Crippen LogP contribution in [0, 0.1) is 0 Å². The zero-order valence-electron chi connectivity index (χ0n) is 16.7. The van der Waals surface area contributed by atoms with Crippen molar-refractivity contribution in [2.45, 2.75) is 44.4 Å². The second kappa shape index (κ2) is 9.33. The van der Waals surface area contributed by atoms with Gasteiger partial charge in [-0.1, -0.05) is 17.7 Å². The van der Waals surface area contributed by atoms with Gasteiger partial charge in [0.2, 0.25) is 0 Å². The van der Waals surface area contributed by atoms with E-state index in [-0.39, 0.29) is 6.10 Å². The number of nitrogens with zero attached hydrogens (tertiary/aromatic N) is 3. The van der Waals surface area contributed by atoms with Gasteiger partial charge < -0.3 is 20.3 Å². The second-order valence-electron chi connectivity index (χ2n) is 8.02. The smallest absolute Gasteiger partial charge is 0.191 e. The van der Waals surface area contributed by atoms with Crippen LogP contribution in [0.15, 0.2) is 29.3 Å². The second-order valence-corrected chi connectivity index (χ2v) is 8.46. The van der Waals surface area contributed by atoms with Crippen LogP contribution in [0.3, 0.4) is 0 Å². The summed E-state index contributed by atoms with van der Waals surface area (Å²) in [5.74, 6) is 0.896. The number of guanidine groups is 1. The van der Waals surface area contributed by atoms with Crippen LogP contribution in [0.2, 0.25) is 5.02 Å². The van der Waals surface area contributed by atoms with E-state index in [2.05, 4.69) is 33.4 Å². The maximum absolute atomic E-state index is 6.15. The van der Waals surface area contributed by atoms with Crippen molar-refractivity contribution in [3.8, 4) is 0 Å². The Hall–Kier alpha value is -1.50. The van der Waals surface area contributed by atoms with Gasteiger partial charge in [0.1, 0.15) is 0 Å². The van der Waals surface area contributed by atoms with Gasteiger partial charge in [0.15, 0.2) is 5.96 Å². The molecule has 0 saturated carbocycles. The quantitative estimate of drug-likeness (QED) is 0.581. The number of ether oxygens (including phenoxy) is 1. The number of fused-ring (bicyclic) bond motifs is 1. The van der Waals surface area contributed by atoms with Gasteiger partial charge >= 0.3 is 0 Å². The van der Waals surface area contributed by atoms with E-state index in [1.54, 1.807) is 0 Å². The van der Waals surface area contributed by atoms with Gasteiger partial charge in [-0.25, -0.2) is 0 Å². The zero-order chi connectivity index (χ0) is 19.3. The summed E-state index contributed by atoms with van der Waals surface area (Å²) < 4.78 is 6.05. The first-order chi connectivity index (χ1) is 13.7. The van der Waals surface area contributed by atoms with Gasteiger partial charge in [-0.3, -0.25) is 9.89 Å². The van der Waals surface area contributed by atoms with Gasteiger partial charge in [0.05, 0.1) is 19.3 Å². The Morgan fingerprint density at radius 3 is 3.07 bits per heavy atom. The summed E-state index contributed by atoms with van der Waals surface area (Å²) in [5, 5.41) is 7.79. The van der Waals surface area contributed by atoms with E-state index in [1.807, 2.05) is 18.2 Å². The number of morpholine rings is 1. The highest BCUT2D eigenvalue weighted by Gasteiger charge is 2.32. The molecule has 3 aliphatic heterocycles. The molecule has 1 aromatic carbocycles. The van der Waals surface area contributed by atoms with Crippen molar-refractivity contribution >= 4 is 23.2 Å². The van der Waals surface area contributed by atoms with Gasteiger partial charge in [0.25, 0.3) is 0 Å². The third-order valence-corrected chi connectivity index (χ3v) is 6.20. The number of benzene rings is 1. The number of hydrogen-bond donors (Lipinski definition) is 2. The van der Waals surface area contributed by atoms with Crippen LogP contribution in [-0.4, -0.2) is 74.9 Å². The summed E-state index contributed by atoms with van der Waals surface area (Å²) in [6, 6.07) is 9.12. The minimum atomic E-state index is 0.205. The van der Waals surface area contributed by atoms with Crippen LogP contribution in [0.4, 0.5) is 5.69 Å². The largest absolute Gasteiger partial charge is 0.373 e.